The van der Waals surface area contributed by atoms with E-state index in [2.05, 4.69) is 17.4 Å². The Morgan fingerprint density at radius 2 is 2.12 bits per heavy atom. The van der Waals surface area contributed by atoms with Gasteiger partial charge in [-0.15, -0.1) is 11.8 Å². The molecule has 0 aromatic heterocycles. The fourth-order valence-corrected chi connectivity index (χ4v) is 2.16. The summed E-state index contributed by atoms with van der Waals surface area (Å²) in [5.41, 5.74) is 0. The molecule has 0 aliphatic rings. The second-order valence-electron chi connectivity index (χ2n) is 3.92. The van der Waals surface area contributed by atoms with Crippen LogP contribution in [0.15, 0.2) is 35.2 Å². The van der Waals surface area contributed by atoms with Crippen LogP contribution in [0, 0.1) is 0 Å². The van der Waals surface area contributed by atoms with Crippen LogP contribution in [0.5, 0.6) is 0 Å². The standard InChI is InChI=1S/C13H19NO2S/c1-11(15)10-14-13(16)8-5-9-17-12-6-3-2-4-7-12/h2-4,6-7,11,15H,5,8-10H2,1H3,(H,14,16)/t11-/m1/s1. The molecule has 0 radical (unpaired) electrons. The first-order chi connectivity index (χ1) is 8.18. The smallest absolute Gasteiger partial charge is 0.220 e. The molecule has 1 rings (SSSR count). The van der Waals surface area contributed by atoms with E-state index in [9.17, 15) is 4.79 Å². The lowest BCUT2D eigenvalue weighted by atomic mass is 10.3. The highest BCUT2D eigenvalue weighted by atomic mass is 32.2. The van der Waals surface area contributed by atoms with Gasteiger partial charge in [0, 0.05) is 17.9 Å². The minimum Gasteiger partial charge on any atom is -0.392 e. The predicted molar refractivity (Wildman–Crippen MR) is 71.1 cm³/mol. The van der Waals surface area contributed by atoms with Gasteiger partial charge in [0.1, 0.15) is 0 Å². The molecule has 17 heavy (non-hydrogen) atoms. The monoisotopic (exact) mass is 253 g/mol. The summed E-state index contributed by atoms with van der Waals surface area (Å²) in [7, 11) is 0. The van der Waals surface area contributed by atoms with E-state index in [1.807, 2.05) is 18.2 Å². The summed E-state index contributed by atoms with van der Waals surface area (Å²) in [6, 6.07) is 10.2. The Balaban J connectivity index is 2.06. The van der Waals surface area contributed by atoms with Gasteiger partial charge in [-0.3, -0.25) is 4.79 Å². The Kier molecular flexibility index (Phi) is 6.74. The number of aliphatic hydroxyl groups excluding tert-OH is 1. The van der Waals surface area contributed by atoms with Gasteiger partial charge in [0.15, 0.2) is 0 Å². The maximum atomic E-state index is 11.3. The predicted octanol–water partition coefficient (Wildman–Crippen LogP) is 2.06. The van der Waals surface area contributed by atoms with E-state index in [1.165, 1.54) is 4.90 Å². The zero-order valence-electron chi connectivity index (χ0n) is 10.1. The second-order valence-corrected chi connectivity index (χ2v) is 5.09. The highest BCUT2D eigenvalue weighted by Gasteiger charge is 2.02. The van der Waals surface area contributed by atoms with Crippen LogP contribution < -0.4 is 5.32 Å². The van der Waals surface area contributed by atoms with Crippen molar-refractivity contribution in [2.75, 3.05) is 12.3 Å². The van der Waals surface area contributed by atoms with Gasteiger partial charge in [-0.2, -0.15) is 0 Å². The SMILES string of the molecule is C[C@@H](O)CNC(=O)CCCSc1ccccc1. The first-order valence-electron chi connectivity index (χ1n) is 5.81. The topological polar surface area (TPSA) is 49.3 Å². The quantitative estimate of drug-likeness (QED) is 0.577. The van der Waals surface area contributed by atoms with E-state index in [4.69, 9.17) is 5.11 Å². The third-order valence-corrected chi connectivity index (χ3v) is 3.25. The number of benzene rings is 1. The Labute approximate surface area is 107 Å². The van der Waals surface area contributed by atoms with Crippen molar-refractivity contribution < 1.29 is 9.90 Å². The fraction of sp³-hybridized carbons (Fsp3) is 0.462. The summed E-state index contributed by atoms with van der Waals surface area (Å²) in [6.07, 6.45) is 0.898. The number of carbonyl (C=O) groups excluding carboxylic acids is 1. The number of hydrogen-bond acceptors (Lipinski definition) is 3. The average molecular weight is 253 g/mol. The minimum atomic E-state index is -0.474. The number of hydrogen-bond donors (Lipinski definition) is 2. The van der Waals surface area contributed by atoms with Crippen molar-refractivity contribution >= 4 is 17.7 Å². The summed E-state index contributed by atoms with van der Waals surface area (Å²) in [4.78, 5) is 12.6. The lowest BCUT2D eigenvalue weighted by Crippen LogP contribution is -2.30. The zero-order chi connectivity index (χ0) is 12.5. The summed E-state index contributed by atoms with van der Waals surface area (Å²) < 4.78 is 0. The van der Waals surface area contributed by atoms with Crippen LogP contribution in [-0.2, 0) is 4.79 Å². The molecule has 3 nitrogen and oxygen atoms in total. The van der Waals surface area contributed by atoms with Crippen molar-refractivity contribution in [1.82, 2.24) is 5.32 Å². The average Bonchev–Trinajstić information content (AvgIpc) is 2.33. The first kappa shape index (κ1) is 14.1. The normalized spacial score (nSPS) is 12.1. The Hall–Kier alpha value is -1.00. The zero-order valence-corrected chi connectivity index (χ0v) is 10.9. The Morgan fingerprint density at radius 3 is 2.76 bits per heavy atom. The van der Waals surface area contributed by atoms with Crippen LogP contribution in [0.2, 0.25) is 0 Å². The van der Waals surface area contributed by atoms with Crippen molar-refractivity contribution in [3.05, 3.63) is 30.3 Å². The van der Waals surface area contributed by atoms with Crippen LogP contribution >= 0.6 is 11.8 Å². The molecule has 2 N–H and O–H groups in total. The molecule has 4 heteroatoms. The van der Waals surface area contributed by atoms with E-state index in [1.54, 1.807) is 18.7 Å². The number of aliphatic hydroxyl groups is 1. The van der Waals surface area contributed by atoms with Gasteiger partial charge in [-0.1, -0.05) is 18.2 Å². The van der Waals surface area contributed by atoms with Gasteiger partial charge >= 0.3 is 0 Å². The van der Waals surface area contributed by atoms with Gasteiger partial charge in [0.2, 0.25) is 5.91 Å². The Bertz CT molecular complexity index is 327. The molecule has 0 unspecified atom stereocenters. The van der Waals surface area contributed by atoms with Gasteiger partial charge in [-0.25, -0.2) is 0 Å². The molecule has 0 aliphatic heterocycles. The highest BCUT2D eigenvalue weighted by Crippen LogP contribution is 2.18. The van der Waals surface area contributed by atoms with Crippen molar-refractivity contribution in [2.24, 2.45) is 0 Å². The minimum absolute atomic E-state index is 0.0135. The third kappa shape index (κ3) is 7.02. The van der Waals surface area contributed by atoms with Crippen molar-refractivity contribution in [3.63, 3.8) is 0 Å². The van der Waals surface area contributed by atoms with Crippen molar-refractivity contribution in [1.29, 1.82) is 0 Å². The van der Waals surface area contributed by atoms with Crippen LogP contribution in [0.3, 0.4) is 0 Å². The molecule has 94 valence electrons. The molecule has 1 atom stereocenters. The van der Waals surface area contributed by atoms with Gasteiger partial charge in [0.05, 0.1) is 6.10 Å². The van der Waals surface area contributed by atoms with Gasteiger partial charge < -0.3 is 10.4 Å². The van der Waals surface area contributed by atoms with E-state index in [0.717, 1.165) is 12.2 Å². The molecule has 0 heterocycles. The molecule has 0 aliphatic carbocycles. The van der Waals surface area contributed by atoms with Crippen LogP contribution in [0.1, 0.15) is 19.8 Å². The molecule has 0 saturated heterocycles. The number of amides is 1. The largest absolute Gasteiger partial charge is 0.392 e. The number of nitrogens with one attached hydrogen (secondary N) is 1. The van der Waals surface area contributed by atoms with Crippen molar-refractivity contribution in [3.8, 4) is 0 Å². The molecule has 1 aromatic rings. The molecule has 0 bridgehead atoms. The number of thioether (sulfide) groups is 1. The lowest BCUT2D eigenvalue weighted by molar-refractivity contribution is -0.121. The summed E-state index contributed by atoms with van der Waals surface area (Å²) in [5.74, 6) is 0.950. The summed E-state index contributed by atoms with van der Waals surface area (Å²) >= 11 is 1.76. The van der Waals surface area contributed by atoms with Crippen LogP contribution in [0.4, 0.5) is 0 Å². The molecule has 0 fully saturated rings. The molecule has 0 saturated carbocycles. The molecule has 1 amide bonds. The maximum absolute atomic E-state index is 11.3. The lowest BCUT2D eigenvalue weighted by Gasteiger charge is -2.06. The summed E-state index contributed by atoms with van der Waals surface area (Å²) in [6.45, 7) is 2.00. The molecule has 0 spiro atoms. The van der Waals surface area contributed by atoms with Gasteiger partial charge in [-0.05, 0) is 31.2 Å². The van der Waals surface area contributed by atoms with E-state index >= 15 is 0 Å². The van der Waals surface area contributed by atoms with E-state index < -0.39 is 6.10 Å². The van der Waals surface area contributed by atoms with Gasteiger partial charge in [0.25, 0.3) is 0 Å². The first-order valence-corrected chi connectivity index (χ1v) is 6.79. The van der Waals surface area contributed by atoms with E-state index in [0.29, 0.717) is 13.0 Å². The molecular weight excluding hydrogens is 234 g/mol. The van der Waals surface area contributed by atoms with Crippen LogP contribution in [-0.4, -0.2) is 29.4 Å². The molecular formula is C13H19NO2S. The maximum Gasteiger partial charge on any atom is 0.220 e. The number of carbonyl (C=O) groups is 1. The third-order valence-electron chi connectivity index (χ3n) is 2.15. The molecule has 1 aromatic carbocycles. The Morgan fingerprint density at radius 1 is 1.41 bits per heavy atom. The van der Waals surface area contributed by atoms with Crippen molar-refractivity contribution in [2.45, 2.75) is 30.8 Å². The van der Waals surface area contributed by atoms with E-state index in [-0.39, 0.29) is 5.91 Å². The number of rotatable bonds is 7. The van der Waals surface area contributed by atoms with Crippen LogP contribution in [0.25, 0.3) is 0 Å². The second kappa shape index (κ2) is 8.14. The summed E-state index contributed by atoms with van der Waals surface area (Å²) in [5, 5.41) is 11.7. The fourth-order valence-electron chi connectivity index (χ4n) is 1.29. The highest BCUT2D eigenvalue weighted by molar-refractivity contribution is 7.99.